The van der Waals surface area contributed by atoms with Crippen LogP contribution in [0, 0.1) is 0 Å². The molecule has 6 heteroatoms. The molecule has 0 fully saturated rings. The number of aromatic nitrogens is 2. The van der Waals surface area contributed by atoms with E-state index in [2.05, 4.69) is 10.3 Å². The number of hydrogen-bond acceptors (Lipinski definition) is 4. The SMILES string of the molecule is O=C(N[C@@H]1CCc2c(ccc(=O)n2Cc2cccnc2)C1)c1ccoc1. The minimum atomic E-state index is -0.129. The summed E-state index contributed by atoms with van der Waals surface area (Å²) in [6.45, 7) is 0.516. The summed E-state index contributed by atoms with van der Waals surface area (Å²) in [5.41, 5.74) is 3.68. The highest BCUT2D eigenvalue weighted by Gasteiger charge is 2.23. The molecule has 1 N–H and O–H groups in total. The topological polar surface area (TPSA) is 77.1 Å². The first-order valence-electron chi connectivity index (χ1n) is 8.64. The molecular weight excluding hydrogens is 330 g/mol. The van der Waals surface area contributed by atoms with Gasteiger partial charge >= 0.3 is 0 Å². The zero-order valence-corrected chi connectivity index (χ0v) is 14.2. The molecule has 0 unspecified atom stereocenters. The lowest BCUT2D eigenvalue weighted by Gasteiger charge is -2.27. The van der Waals surface area contributed by atoms with E-state index in [-0.39, 0.29) is 17.5 Å². The molecule has 0 saturated heterocycles. The average molecular weight is 349 g/mol. The fraction of sp³-hybridized carbons (Fsp3) is 0.250. The van der Waals surface area contributed by atoms with Crippen LogP contribution in [0.5, 0.6) is 0 Å². The van der Waals surface area contributed by atoms with Crippen molar-refractivity contribution in [3.8, 4) is 0 Å². The van der Waals surface area contributed by atoms with Gasteiger partial charge in [0.15, 0.2) is 0 Å². The zero-order valence-electron chi connectivity index (χ0n) is 14.2. The van der Waals surface area contributed by atoms with E-state index in [1.54, 1.807) is 24.5 Å². The van der Waals surface area contributed by atoms with E-state index in [0.717, 1.165) is 29.7 Å². The van der Waals surface area contributed by atoms with Crippen molar-refractivity contribution >= 4 is 5.91 Å². The van der Waals surface area contributed by atoms with E-state index >= 15 is 0 Å². The highest BCUT2D eigenvalue weighted by molar-refractivity contribution is 5.93. The molecule has 132 valence electrons. The van der Waals surface area contributed by atoms with Crippen molar-refractivity contribution in [2.45, 2.75) is 31.8 Å². The molecule has 6 nitrogen and oxygen atoms in total. The Kier molecular flexibility index (Phi) is 4.39. The molecule has 0 spiro atoms. The second-order valence-corrected chi connectivity index (χ2v) is 6.52. The fourth-order valence-electron chi connectivity index (χ4n) is 3.46. The van der Waals surface area contributed by atoms with Crippen molar-refractivity contribution in [2.75, 3.05) is 0 Å². The molecule has 3 heterocycles. The molecule has 0 bridgehead atoms. The summed E-state index contributed by atoms with van der Waals surface area (Å²) in [6, 6.07) is 9.03. The van der Waals surface area contributed by atoms with Crippen LogP contribution in [-0.2, 0) is 19.4 Å². The monoisotopic (exact) mass is 349 g/mol. The zero-order chi connectivity index (χ0) is 17.9. The molecular formula is C20H19N3O3. The maximum absolute atomic E-state index is 12.4. The first kappa shape index (κ1) is 16.3. The Morgan fingerprint density at radius 2 is 2.23 bits per heavy atom. The summed E-state index contributed by atoms with van der Waals surface area (Å²) in [5, 5.41) is 3.05. The molecule has 1 atom stereocenters. The fourth-order valence-corrected chi connectivity index (χ4v) is 3.46. The molecule has 3 aromatic rings. The number of hydrogen-bond donors (Lipinski definition) is 1. The van der Waals surface area contributed by atoms with Crippen LogP contribution >= 0.6 is 0 Å². The Morgan fingerprint density at radius 1 is 1.31 bits per heavy atom. The molecule has 4 rings (SSSR count). The van der Waals surface area contributed by atoms with Gasteiger partial charge < -0.3 is 14.3 Å². The summed E-state index contributed by atoms with van der Waals surface area (Å²) in [4.78, 5) is 28.7. The Morgan fingerprint density at radius 3 is 3.00 bits per heavy atom. The second-order valence-electron chi connectivity index (χ2n) is 6.52. The van der Waals surface area contributed by atoms with Gasteiger partial charge in [-0.25, -0.2) is 0 Å². The Balaban J connectivity index is 1.54. The standard InChI is InChI=1S/C20H19N3O3/c24-19-6-3-15-10-17(22-20(25)16-7-9-26-13-16)4-5-18(15)23(19)12-14-2-1-8-21-11-14/h1-3,6-9,11,13,17H,4-5,10,12H2,(H,22,25)/t17-/m1/s1. The van der Waals surface area contributed by atoms with Crippen LogP contribution in [0.1, 0.15) is 33.6 Å². The molecule has 1 aliphatic rings. The van der Waals surface area contributed by atoms with E-state index in [9.17, 15) is 9.59 Å². The number of rotatable bonds is 4. The van der Waals surface area contributed by atoms with E-state index in [1.807, 2.05) is 22.8 Å². The van der Waals surface area contributed by atoms with E-state index < -0.39 is 0 Å². The molecule has 0 radical (unpaired) electrons. The van der Waals surface area contributed by atoms with Crippen molar-refractivity contribution in [3.05, 3.63) is 88.0 Å². The van der Waals surface area contributed by atoms with Gasteiger partial charge in [0, 0.05) is 30.2 Å². The first-order chi connectivity index (χ1) is 12.7. The van der Waals surface area contributed by atoms with Gasteiger partial charge in [-0.15, -0.1) is 0 Å². The lowest BCUT2D eigenvalue weighted by molar-refractivity contribution is 0.0932. The summed E-state index contributed by atoms with van der Waals surface area (Å²) >= 11 is 0. The van der Waals surface area contributed by atoms with Gasteiger partial charge in [-0.1, -0.05) is 12.1 Å². The maximum Gasteiger partial charge on any atom is 0.254 e. The van der Waals surface area contributed by atoms with Crippen LogP contribution in [-0.4, -0.2) is 21.5 Å². The predicted molar refractivity (Wildman–Crippen MR) is 96.0 cm³/mol. The molecule has 0 aliphatic heterocycles. The number of fused-ring (bicyclic) bond motifs is 1. The number of amides is 1. The minimum absolute atomic E-state index is 0.00603. The normalized spacial score (nSPS) is 16.1. The molecule has 1 amide bonds. The van der Waals surface area contributed by atoms with Crippen LogP contribution in [0.15, 0.2) is 64.5 Å². The first-order valence-corrected chi connectivity index (χ1v) is 8.64. The molecule has 3 aromatic heterocycles. The van der Waals surface area contributed by atoms with Crippen LogP contribution < -0.4 is 10.9 Å². The maximum atomic E-state index is 12.4. The van der Waals surface area contributed by atoms with Gasteiger partial charge in [-0.05, 0) is 42.5 Å². The third kappa shape index (κ3) is 3.31. The highest BCUT2D eigenvalue weighted by atomic mass is 16.3. The molecule has 0 saturated carbocycles. The number of nitrogens with one attached hydrogen (secondary N) is 1. The molecule has 0 aromatic carbocycles. The van der Waals surface area contributed by atoms with E-state index in [0.29, 0.717) is 18.5 Å². The van der Waals surface area contributed by atoms with Gasteiger partial charge in [0.05, 0.1) is 18.4 Å². The largest absolute Gasteiger partial charge is 0.472 e. The minimum Gasteiger partial charge on any atom is -0.472 e. The third-order valence-corrected chi connectivity index (χ3v) is 4.77. The smallest absolute Gasteiger partial charge is 0.254 e. The third-order valence-electron chi connectivity index (χ3n) is 4.77. The summed E-state index contributed by atoms with van der Waals surface area (Å²) in [7, 11) is 0. The number of furan rings is 1. The number of pyridine rings is 2. The van der Waals surface area contributed by atoms with Gasteiger partial charge in [-0.3, -0.25) is 14.6 Å². The van der Waals surface area contributed by atoms with Crippen molar-refractivity contribution in [2.24, 2.45) is 0 Å². The average Bonchev–Trinajstić information content (AvgIpc) is 3.20. The summed E-state index contributed by atoms with van der Waals surface area (Å²) < 4.78 is 6.78. The lowest BCUT2D eigenvalue weighted by Crippen LogP contribution is -2.40. The van der Waals surface area contributed by atoms with Crippen LogP contribution in [0.3, 0.4) is 0 Å². The van der Waals surface area contributed by atoms with E-state index in [4.69, 9.17) is 4.42 Å². The predicted octanol–water partition coefficient (Wildman–Crippen LogP) is 2.17. The van der Waals surface area contributed by atoms with Gasteiger partial charge in [-0.2, -0.15) is 0 Å². The highest BCUT2D eigenvalue weighted by Crippen LogP contribution is 2.21. The van der Waals surface area contributed by atoms with Crippen molar-refractivity contribution in [1.29, 1.82) is 0 Å². The molecule has 26 heavy (non-hydrogen) atoms. The van der Waals surface area contributed by atoms with Crippen LogP contribution in [0.4, 0.5) is 0 Å². The van der Waals surface area contributed by atoms with Crippen molar-refractivity contribution in [3.63, 3.8) is 0 Å². The van der Waals surface area contributed by atoms with Gasteiger partial charge in [0.25, 0.3) is 11.5 Å². The van der Waals surface area contributed by atoms with Crippen LogP contribution in [0.2, 0.25) is 0 Å². The van der Waals surface area contributed by atoms with Gasteiger partial charge in [0.2, 0.25) is 0 Å². The van der Waals surface area contributed by atoms with E-state index in [1.165, 1.54) is 12.5 Å². The molecule has 1 aliphatic carbocycles. The second kappa shape index (κ2) is 7.00. The quantitative estimate of drug-likeness (QED) is 0.783. The Bertz CT molecular complexity index is 962. The number of carbonyl (C=O) groups is 1. The van der Waals surface area contributed by atoms with Crippen molar-refractivity contribution < 1.29 is 9.21 Å². The summed E-state index contributed by atoms with van der Waals surface area (Å²) in [6.07, 6.45) is 8.70. The lowest BCUT2D eigenvalue weighted by atomic mass is 9.91. The Labute approximate surface area is 150 Å². The number of nitrogens with zero attached hydrogens (tertiary/aromatic N) is 2. The van der Waals surface area contributed by atoms with Crippen LogP contribution in [0.25, 0.3) is 0 Å². The van der Waals surface area contributed by atoms with Crippen molar-refractivity contribution in [1.82, 2.24) is 14.9 Å². The number of carbonyl (C=O) groups excluding carboxylic acids is 1. The van der Waals surface area contributed by atoms with Gasteiger partial charge in [0.1, 0.15) is 6.26 Å². The summed E-state index contributed by atoms with van der Waals surface area (Å²) in [5.74, 6) is -0.129. The Hall–Kier alpha value is -3.15.